The fourth-order valence-electron chi connectivity index (χ4n) is 3.80. The van der Waals surface area contributed by atoms with E-state index in [-0.39, 0.29) is 5.91 Å². The second-order valence-electron chi connectivity index (χ2n) is 8.11. The number of nitrogens with one attached hydrogen (secondary N) is 1. The van der Waals surface area contributed by atoms with Crippen molar-refractivity contribution in [2.24, 2.45) is 5.10 Å². The summed E-state index contributed by atoms with van der Waals surface area (Å²) in [6.45, 7) is 4.98. The Morgan fingerprint density at radius 1 is 1.00 bits per heavy atom. The minimum absolute atomic E-state index is 0.259. The highest BCUT2D eigenvalue weighted by atomic mass is 79.9. The van der Waals surface area contributed by atoms with Crippen molar-refractivity contribution in [1.29, 1.82) is 0 Å². The second-order valence-corrected chi connectivity index (χ2v) is 9.88. The van der Waals surface area contributed by atoms with Gasteiger partial charge in [-0.05, 0) is 89.8 Å². The first kappa shape index (κ1) is 25.3. The van der Waals surface area contributed by atoms with Crippen LogP contribution in [0.25, 0.3) is 0 Å². The Balaban J connectivity index is 1.40. The van der Waals surface area contributed by atoms with Gasteiger partial charge in [0.25, 0.3) is 5.91 Å². The van der Waals surface area contributed by atoms with Crippen LogP contribution in [0.5, 0.6) is 11.5 Å². The van der Waals surface area contributed by atoms with Crippen molar-refractivity contribution in [1.82, 2.24) is 5.43 Å². The van der Waals surface area contributed by atoms with Gasteiger partial charge >= 0.3 is 0 Å². The van der Waals surface area contributed by atoms with Crippen molar-refractivity contribution in [3.8, 4) is 11.5 Å². The largest absolute Gasteiger partial charge is 0.490 e. The van der Waals surface area contributed by atoms with Gasteiger partial charge in [-0.3, -0.25) is 4.79 Å². The molecule has 6 nitrogen and oxygen atoms in total. The van der Waals surface area contributed by atoms with Crippen LogP contribution in [0.2, 0.25) is 0 Å². The lowest BCUT2D eigenvalue weighted by Crippen LogP contribution is -2.19. The summed E-state index contributed by atoms with van der Waals surface area (Å²) in [6.07, 6.45) is 4.02. The molecular weight excluding hydrogens is 574 g/mol. The van der Waals surface area contributed by atoms with Gasteiger partial charge in [0, 0.05) is 38.8 Å². The molecule has 182 valence electrons. The molecule has 0 aliphatic carbocycles. The minimum Gasteiger partial charge on any atom is -0.490 e. The second kappa shape index (κ2) is 12.2. The van der Waals surface area contributed by atoms with E-state index >= 15 is 0 Å². The zero-order chi connectivity index (χ0) is 24.6. The first-order chi connectivity index (χ1) is 17.0. The van der Waals surface area contributed by atoms with E-state index < -0.39 is 0 Å². The summed E-state index contributed by atoms with van der Waals surface area (Å²) in [4.78, 5) is 14.9. The predicted octanol–water partition coefficient (Wildman–Crippen LogP) is 6.55. The van der Waals surface area contributed by atoms with Crippen molar-refractivity contribution in [2.75, 3.05) is 24.6 Å². The highest BCUT2D eigenvalue weighted by Gasteiger charge is 2.13. The molecule has 1 heterocycles. The number of hydrogen-bond acceptors (Lipinski definition) is 5. The van der Waals surface area contributed by atoms with Gasteiger partial charge in [0.1, 0.15) is 6.61 Å². The van der Waals surface area contributed by atoms with Crippen LogP contribution in [0.1, 0.15) is 41.3 Å². The SMILES string of the molecule is CCOc1cc(/C=N\NC(=O)c2ccc(N3CCCC3)cc2)c(Br)cc1OCc1ccc(Br)cc1. The number of halogens is 2. The van der Waals surface area contributed by atoms with E-state index in [1.165, 1.54) is 12.8 Å². The Morgan fingerprint density at radius 2 is 1.69 bits per heavy atom. The normalized spacial score (nSPS) is 13.3. The zero-order valence-corrected chi connectivity index (χ0v) is 22.6. The molecule has 1 aliphatic heterocycles. The van der Waals surface area contributed by atoms with Crippen LogP contribution in [0.4, 0.5) is 5.69 Å². The minimum atomic E-state index is -0.259. The molecule has 0 atom stereocenters. The lowest BCUT2D eigenvalue weighted by atomic mass is 10.2. The molecule has 35 heavy (non-hydrogen) atoms. The molecule has 1 N–H and O–H groups in total. The molecule has 0 bridgehead atoms. The number of hydrogen-bond donors (Lipinski definition) is 1. The van der Waals surface area contributed by atoms with E-state index in [9.17, 15) is 4.79 Å². The van der Waals surface area contributed by atoms with Gasteiger partial charge < -0.3 is 14.4 Å². The number of hydrazone groups is 1. The molecule has 4 rings (SSSR count). The van der Waals surface area contributed by atoms with Crippen LogP contribution < -0.4 is 19.8 Å². The molecule has 0 radical (unpaired) electrons. The van der Waals surface area contributed by atoms with Gasteiger partial charge in [-0.25, -0.2) is 5.43 Å². The van der Waals surface area contributed by atoms with Crippen molar-refractivity contribution in [3.05, 3.63) is 86.3 Å². The summed E-state index contributed by atoms with van der Waals surface area (Å²) in [5.74, 6) is 0.976. The van der Waals surface area contributed by atoms with Crippen LogP contribution >= 0.6 is 31.9 Å². The molecule has 1 aliphatic rings. The number of anilines is 1. The lowest BCUT2D eigenvalue weighted by Gasteiger charge is -2.17. The Morgan fingerprint density at radius 3 is 2.37 bits per heavy atom. The fourth-order valence-corrected chi connectivity index (χ4v) is 4.49. The molecule has 3 aromatic rings. The third-order valence-electron chi connectivity index (χ3n) is 5.64. The Hall–Kier alpha value is -2.84. The van der Waals surface area contributed by atoms with Gasteiger partial charge in [0.15, 0.2) is 11.5 Å². The number of amides is 1. The Bertz CT molecular complexity index is 1180. The Labute approximate surface area is 222 Å². The fraction of sp³-hybridized carbons (Fsp3) is 0.259. The average molecular weight is 601 g/mol. The van der Waals surface area contributed by atoms with E-state index in [1.54, 1.807) is 6.21 Å². The molecule has 3 aromatic carbocycles. The molecule has 1 fully saturated rings. The summed E-state index contributed by atoms with van der Waals surface area (Å²) in [6, 6.07) is 19.3. The maximum Gasteiger partial charge on any atom is 0.271 e. The number of ether oxygens (including phenoxy) is 2. The van der Waals surface area contributed by atoms with Gasteiger partial charge in [-0.15, -0.1) is 0 Å². The highest BCUT2D eigenvalue weighted by Crippen LogP contribution is 2.34. The lowest BCUT2D eigenvalue weighted by molar-refractivity contribution is 0.0955. The van der Waals surface area contributed by atoms with Crippen molar-refractivity contribution in [2.45, 2.75) is 26.4 Å². The molecular formula is C27H27Br2N3O3. The van der Waals surface area contributed by atoms with Crippen LogP contribution in [0.3, 0.4) is 0 Å². The quantitative estimate of drug-likeness (QED) is 0.223. The smallest absolute Gasteiger partial charge is 0.271 e. The van der Waals surface area contributed by atoms with Crippen molar-refractivity contribution in [3.63, 3.8) is 0 Å². The van der Waals surface area contributed by atoms with Crippen LogP contribution in [0, 0.1) is 0 Å². The first-order valence-corrected chi connectivity index (χ1v) is 13.1. The summed E-state index contributed by atoms with van der Waals surface area (Å²) in [5, 5.41) is 4.15. The molecule has 0 unspecified atom stereocenters. The topological polar surface area (TPSA) is 63.2 Å². The number of carbonyl (C=O) groups is 1. The van der Waals surface area contributed by atoms with Crippen LogP contribution in [-0.4, -0.2) is 31.8 Å². The standard InChI is InChI=1S/C27H27Br2N3O3/c1-2-34-25-15-21(24(29)16-26(25)35-18-19-5-9-22(28)10-6-19)17-30-31-27(33)20-7-11-23(12-8-20)32-13-3-4-14-32/h5-12,15-17H,2-4,13-14,18H2,1H3,(H,31,33)/b30-17-. The molecule has 8 heteroatoms. The molecule has 0 aromatic heterocycles. The van der Waals surface area contributed by atoms with Crippen molar-refractivity contribution < 1.29 is 14.3 Å². The maximum atomic E-state index is 12.5. The van der Waals surface area contributed by atoms with E-state index in [1.807, 2.05) is 67.6 Å². The maximum absolute atomic E-state index is 12.5. The summed E-state index contributed by atoms with van der Waals surface area (Å²) in [5.41, 5.74) is 6.13. The molecule has 1 saturated heterocycles. The molecule has 1 amide bonds. The van der Waals surface area contributed by atoms with E-state index in [0.717, 1.165) is 38.8 Å². The van der Waals surface area contributed by atoms with Gasteiger partial charge in [0.05, 0.1) is 12.8 Å². The number of benzene rings is 3. The predicted molar refractivity (Wildman–Crippen MR) is 147 cm³/mol. The number of carbonyl (C=O) groups excluding carboxylic acids is 1. The third kappa shape index (κ3) is 6.86. The third-order valence-corrected chi connectivity index (χ3v) is 6.86. The number of rotatable bonds is 9. The van der Waals surface area contributed by atoms with E-state index in [2.05, 4.69) is 47.3 Å². The molecule has 0 saturated carbocycles. The first-order valence-electron chi connectivity index (χ1n) is 11.6. The van der Waals surface area contributed by atoms with Crippen LogP contribution in [0.15, 0.2) is 74.7 Å². The summed E-state index contributed by atoms with van der Waals surface area (Å²) >= 11 is 7.01. The van der Waals surface area contributed by atoms with Gasteiger partial charge in [0.2, 0.25) is 0 Å². The monoisotopic (exact) mass is 599 g/mol. The van der Waals surface area contributed by atoms with Gasteiger partial charge in [-0.1, -0.05) is 28.1 Å². The Kier molecular flexibility index (Phi) is 8.82. The highest BCUT2D eigenvalue weighted by molar-refractivity contribution is 9.10. The van der Waals surface area contributed by atoms with Gasteiger partial charge in [-0.2, -0.15) is 5.10 Å². The van der Waals surface area contributed by atoms with Crippen LogP contribution in [-0.2, 0) is 6.61 Å². The zero-order valence-electron chi connectivity index (χ0n) is 19.5. The number of nitrogens with zero attached hydrogens (tertiary/aromatic N) is 2. The van der Waals surface area contributed by atoms with Crippen molar-refractivity contribution >= 4 is 49.7 Å². The molecule has 0 spiro atoms. The average Bonchev–Trinajstić information content (AvgIpc) is 3.41. The summed E-state index contributed by atoms with van der Waals surface area (Å²) in [7, 11) is 0. The summed E-state index contributed by atoms with van der Waals surface area (Å²) < 4.78 is 13.6. The van der Waals surface area contributed by atoms with E-state index in [0.29, 0.717) is 30.3 Å². The van der Waals surface area contributed by atoms with E-state index in [4.69, 9.17) is 9.47 Å².